The zero-order valence-corrected chi connectivity index (χ0v) is 12.0. The summed E-state index contributed by atoms with van der Waals surface area (Å²) in [6.45, 7) is 2.36. The maximum atomic E-state index is 6.00. The van der Waals surface area contributed by atoms with E-state index in [2.05, 4.69) is 28.9 Å². The third kappa shape index (κ3) is 3.17. The molecule has 3 heteroatoms. The molecule has 2 N–H and O–H groups in total. The van der Waals surface area contributed by atoms with Crippen LogP contribution in [0.3, 0.4) is 0 Å². The summed E-state index contributed by atoms with van der Waals surface area (Å²) in [5.41, 5.74) is 6.91. The maximum Gasteiger partial charge on any atom is 0.0453 e. The van der Waals surface area contributed by atoms with Crippen LogP contribution >= 0.6 is 27.7 Å². The first kappa shape index (κ1) is 12.3. The molecule has 2 rings (SSSR count). The predicted octanol–water partition coefficient (Wildman–Crippen LogP) is 4.70. The summed E-state index contributed by atoms with van der Waals surface area (Å²) >= 11 is 5.46. The quantitative estimate of drug-likeness (QED) is 0.801. The van der Waals surface area contributed by atoms with E-state index in [0.717, 1.165) is 21.3 Å². The van der Waals surface area contributed by atoms with Crippen molar-refractivity contribution in [2.75, 3.05) is 5.73 Å². The summed E-state index contributed by atoms with van der Waals surface area (Å²) in [5, 5.41) is 0.750. The van der Waals surface area contributed by atoms with Gasteiger partial charge in [0.1, 0.15) is 0 Å². The van der Waals surface area contributed by atoms with Crippen LogP contribution in [0.1, 0.15) is 32.6 Å². The van der Waals surface area contributed by atoms with Gasteiger partial charge in [-0.15, -0.1) is 11.8 Å². The van der Waals surface area contributed by atoms with Gasteiger partial charge in [0.2, 0.25) is 0 Å². The number of thioether (sulfide) groups is 1. The van der Waals surface area contributed by atoms with Gasteiger partial charge in [-0.05, 0) is 37.0 Å². The first-order chi connectivity index (χ1) is 7.65. The fourth-order valence-corrected chi connectivity index (χ4v) is 4.26. The van der Waals surface area contributed by atoms with Crippen molar-refractivity contribution in [3.8, 4) is 0 Å². The second-order valence-electron chi connectivity index (χ2n) is 4.69. The Morgan fingerprint density at radius 1 is 1.38 bits per heavy atom. The Balaban J connectivity index is 2.05. The molecule has 1 aromatic rings. The Morgan fingerprint density at radius 3 is 2.94 bits per heavy atom. The molecule has 0 spiro atoms. The number of nitrogen functional groups attached to an aromatic ring is 1. The maximum absolute atomic E-state index is 6.00. The van der Waals surface area contributed by atoms with Gasteiger partial charge in [0.25, 0.3) is 0 Å². The molecule has 0 bridgehead atoms. The van der Waals surface area contributed by atoms with Crippen LogP contribution in [0.15, 0.2) is 27.6 Å². The molecule has 1 saturated carbocycles. The van der Waals surface area contributed by atoms with Gasteiger partial charge in [-0.1, -0.05) is 35.7 Å². The number of nitrogens with two attached hydrogens (primary N) is 1. The van der Waals surface area contributed by atoms with Crippen molar-refractivity contribution in [3.05, 3.63) is 22.7 Å². The lowest BCUT2D eigenvalue weighted by molar-refractivity contribution is 0.394. The summed E-state index contributed by atoms with van der Waals surface area (Å²) in [6.07, 6.45) is 5.43. The van der Waals surface area contributed by atoms with Crippen LogP contribution in [0.5, 0.6) is 0 Å². The number of benzene rings is 1. The largest absolute Gasteiger partial charge is 0.398 e. The highest BCUT2D eigenvalue weighted by Gasteiger charge is 2.20. The van der Waals surface area contributed by atoms with E-state index in [1.54, 1.807) is 0 Å². The topological polar surface area (TPSA) is 26.0 Å². The first-order valence-electron chi connectivity index (χ1n) is 5.87. The Morgan fingerprint density at radius 2 is 2.19 bits per heavy atom. The lowest BCUT2D eigenvalue weighted by atomic mass is 9.91. The molecular weight excluding hydrogens is 282 g/mol. The Kier molecular flexibility index (Phi) is 4.20. The molecule has 2 atom stereocenters. The fourth-order valence-electron chi connectivity index (χ4n) is 2.28. The molecule has 1 aliphatic carbocycles. The molecule has 0 radical (unpaired) electrons. The van der Waals surface area contributed by atoms with Gasteiger partial charge in [0.05, 0.1) is 0 Å². The van der Waals surface area contributed by atoms with Crippen molar-refractivity contribution in [3.63, 3.8) is 0 Å². The minimum absolute atomic E-state index is 0.750. The van der Waals surface area contributed by atoms with Gasteiger partial charge in [-0.25, -0.2) is 0 Å². The van der Waals surface area contributed by atoms with Crippen LogP contribution in [0.4, 0.5) is 5.69 Å². The summed E-state index contributed by atoms with van der Waals surface area (Å²) in [4.78, 5) is 1.23. The number of hydrogen-bond acceptors (Lipinski definition) is 2. The second-order valence-corrected chi connectivity index (χ2v) is 6.95. The van der Waals surface area contributed by atoms with Crippen LogP contribution in [0.25, 0.3) is 0 Å². The van der Waals surface area contributed by atoms with Gasteiger partial charge < -0.3 is 5.73 Å². The lowest BCUT2D eigenvalue weighted by Gasteiger charge is -2.26. The van der Waals surface area contributed by atoms with E-state index in [-0.39, 0.29) is 0 Å². The van der Waals surface area contributed by atoms with E-state index in [1.807, 2.05) is 23.9 Å². The zero-order chi connectivity index (χ0) is 11.5. The standard InChI is InChI=1S/C13H18BrNS/c1-9-3-2-4-11(7-9)16-13-8-10(14)5-6-12(13)15/h5-6,8-9,11H,2-4,7,15H2,1H3. The van der Waals surface area contributed by atoms with Gasteiger partial charge in [-0.3, -0.25) is 0 Å². The molecule has 0 amide bonds. The van der Waals surface area contributed by atoms with E-state index in [4.69, 9.17) is 5.73 Å². The number of anilines is 1. The molecule has 1 nitrogen and oxygen atoms in total. The van der Waals surface area contributed by atoms with E-state index in [0.29, 0.717) is 0 Å². The molecule has 1 aromatic carbocycles. The summed E-state index contributed by atoms with van der Waals surface area (Å²) in [6, 6.07) is 6.13. The van der Waals surface area contributed by atoms with Crippen molar-refractivity contribution < 1.29 is 0 Å². The highest BCUT2D eigenvalue weighted by Crippen LogP contribution is 2.39. The van der Waals surface area contributed by atoms with Crippen molar-refractivity contribution >= 4 is 33.4 Å². The molecule has 0 saturated heterocycles. The third-order valence-corrected chi connectivity index (χ3v) is 5.02. The average Bonchev–Trinajstić information content (AvgIpc) is 2.24. The van der Waals surface area contributed by atoms with Crippen LogP contribution in [0.2, 0.25) is 0 Å². The Hall–Kier alpha value is -0.150. The Labute approximate surface area is 110 Å². The van der Waals surface area contributed by atoms with Crippen molar-refractivity contribution in [1.82, 2.24) is 0 Å². The molecule has 88 valence electrons. The van der Waals surface area contributed by atoms with Gasteiger partial charge in [0.15, 0.2) is 0 Å². The number of hydrogen-bond donors (Lipinski definition) is 1. The number of halogens is 1. The van der Waals surface area contributed by atoms with Gasteiger partial charge in [-0.2, -0.15) is 0 Å². The van der Waals surface area contributed by atoms with Crippen molar-refractivity contribution in [2.24, 2.45) is 5.92 Å². The highest BCUT2D eigenvalue weighted by atomic mass is 79.9. The molecule has 0 heterocycles. The number of rotatable bonds is 2. The Bertz CT molecular complexity index is 367. The van der Waals surface area contributed by atoms with Crippen LogP contribution in [-0.2, 0) is 0 Å². The predicted molar refractivity (Wildman–Crippen MR) is 75.8 cm³/mol. The monoisotopic (exact) mass is 299 g/mol. The first-order valence-corrected chi connectivity index (χ1v) is 7.54. The molecule has 0 aromatic heterocycles. The molecular formula is C13H18BrNS. The fraction of sp³-hybridized carbons (Fsp3) is 0.538. The molecule has 1 aliphatic rings. The normalized spacial score (nSPS) is 25.6. The molecule has 0 aliphatic heterocycles. The van der Waals surface area contributed by atoms with Crippen molar-refractivity contribution in [1.29, 1.82) is 0 Å². The summed E-state index contributed by atoms with van der Waals surface area (Å²) in [7, 11) is 0. The smallest absolute Gasteiger partial charge is 0.0453 e. The van der Waals surface area contributed by atoms with E-state index >= 15 is 0 Å². The van der Waals surface area contributed by atoms with E-state index in [9.17, 15) is 0 Å². The van der Waals surface area contributed by atoms with Crippen LogP contribution < -0.4 is 5.73 Å². The lowest BCUT2D eigenvalue weighted by Crippen LogP contribution is -2.15. The van der Waals surface area contributed by atoms with E-state index < -0.39 is 0 Å². The van der Waals surface area contributed by atoms with Crippen LogP contribution in [0, 0.1) is 5.92 Å². The molecule has 16 heavy (non-hydrogen) atoms. The average molecular weight is 300 g/mol. The summed E-state index contributed by atoms with van der Waals surface area (Å²) in [5.74, 6) is 0.875. The van der Waals surface area contributed by atoms with Gasteiger partial charge >= 0.3 is 0 Å². The summed E-state index contributed by atoms with van der Waals surface area (Å²) < 4.78 is 1.12. The molecule has 1 fully saturated rings. The second kappa shape index (κ2) is 5.46. The minimum Gasteiger partial charge on any atom is -0.398 e. The third-order valence-electron chi connectivity index (χ3n) is 3.16. The van der Waals surface area contributed by atoms with Crippen LogP contribution in [-0.4, -0.2) is 5.25 Å². The van der Waals surface area contributed by atoms with E-state index in [1.165, 1.54) is 30.6 Å². The highest BCUT2D eigenvalue weighted by molar-refractivity contribution is 9.10. The molecule has 2 unspecified atom stereocenters. The van der Waals surface area contributed by atoms with Gasteiger partial charge in [0, 0.05) is 20.3 Å². The van der Waals surface area contributed by atoms with Crippen molar-refractivity contribution in [2.45, 2.75) is 42.8 Å². The minimum atomic E-state index is 0.750. The zero-order valence-electron chi connectivity index (χ0n) is 9.58. The SMILES string of the molecule is CC1CCCC(Sc2cc(Br)ccc2N)C1.